The van der Waals surface area contributed by atoms with Crippen molar-refractivity contribution in [2.75, 3.05) is 23.0 Å². The lowest BCUT2D eigenvalue weighted by Gasteiger charge is -2.42. The highest BCUT2D eigenvalue weighted by Crippen LogP contribution is 2.40. The number of nitrogens with zero attached hydrogens (tertiary/aromatic N) is 2. The maximum Gasteiger partial charge on any atom is 0.414 e. The third-order valence-electron chi connectivity index (χ3n) is 5.50. The quantitative estimate of drug-likeness (QED) is 0.650. The van der Waals surface area contributed by atoms with Crippen molar-refractivity contribution in [2.45, 2.75) is 47.1 Å². The monoisotopic (exact) mass is 414 g/mol. The molecule has 154 valence electrons. The molecule has 0 bridgehead atoms. The zero-order valence-electron chi connectivity index (χ0n) is 17.6. The summed E-state index contributed by atoms with van der Waals surface area (Å²) in [6.45, 7) is 10.4. The van der Waals surface area contributed by atoms with Crippen LogP contribution in [0.15, 0.2) is 30.3 Å². The zero-order chi connectivity index (χ0) is 21.3. The minimum atomic E-state index is -0.385. The Morgan fingerprint density at radius 3 is 2.34 bits per heavy atom. The van der Waals surface area contributed by atoms with E-state index in [9.17, 15) is 9.59 Å². The predicted octanol–water partition coefficient (Wildman–Crippen LogP) is 5.67. The molecule has 0 aliphatic carbocycles. The molecule has 29 heavy (non-hydrogen) atoms. The summed E-state index contributed by atoms with van der Waals surface area (Å²) in [4.78, 5) is 29.7. The Kier molecular flexibility index (Phi) is 6.18. The Morgan fingerprint density at radius 1 is 1.07 bits per heavy atom. The SMILES string of the molecule is CCOC(=O)N1c2cc(C)c(C)cc2N(C(=O)c2cccc(C)c2Cl)CC1CC. The maximum atomic E-state index is 13.5. The van der Waals surface area contributed by atoms with E-state index < -0.39 is 0 Å². The molecule has 1 aliphatic heterocycles. The predicted molar refractivity (Wildman–Crippen MR) is 117 cm³/mol. The van der Waals surface area contributed by atoms with Gasteiger partial charge in [0.15, 0.2) is 0 Å². The van der Waals surface area contributed by atoms with Crippen LogP contribution in [-0.2, 0) is 4.74 Å². The molecule has 1 aliphatic rings. The highest BCUT2D eigenvalue weighted by Gasteiger charge is 2.38. The number of amides is 2. The second kappa shape index (κ2) is 8.46. The van der Waals surface area contributed by atoms with Crippen LogP contribution in [0.1, 0.15) is 47.3 Å². The first-order valence-electron chi connectivity index (χ1n) is 9.94. The van der Waals surface area contributed by atoms with Crippen molar-refractivity contribution in [3.63, 3.8) is 0 Å². The van der Waals surface area contributed by atoms with Gasteiger partial charge >= 0.3 is 6.09 Å². The van der Waals surface area contributed by atoms with Gasteiger partial charge < -0.3 is 9.64 Å². The van der Waals surface area contributed by atoms with Gasteiger partial charge in [-0.25, -0.2) is 4.79 Å². The number of aryl methyl sites for hydroxylation is 3. The summed E-state index contributed by atoms with van der Waals surface area (Å²) in [5.41, 5.74) is 4.83. The number of carbonyl (C=O) groups excluding carboxylic acids is 2. The summed E-state index contributed by atoms with van der Waals surface area (Å²) >= 11 is 6.45. The van der Waals surface area contributed by atoms with E-state index in [1.165, 1.54) is 0 Å². The number of anilines is 2. The minimum absolute atomic E-state index is 0.162. The lowest BCUT2D eigenvalue weighted by molar-refractivity contribution is 0.0981. The van der Waals surface area contributed by atoms with Gasteiger partial charge in [-0.2, -0.15) is 0 Å². The summed E-state index contributed by atoms with van der Waals surface area (Å²) in [5, 5.41) is 0.462. The molecular formula is C23H27ClN2O3. The van der Waals surface area contributed by atoms with Gasteiger partial charge in [-0.15, -0.1) is 0 Å². The summed E-state index contributed by atoms with van der Waals surface area (Å²) in [6.07, 6.45) is 0.306. The van der Waals surface area contributed by atoms with Gasteiger partial charge in [0.25, 0.3) is 5.91 Å². The average Bonchev–Trinajstić information content (AvgIpc) is 2.69. The van der Waals surface area contributed by atoms with E-state index >= 15 is 0 Å². The molecule has 2 aromatic carbocycles. The number of hydrogen-bond donors (Lipinski definition) is 0. The topological polar surface area (TPSA) is 49.9 Å². The molecule has 3 rings (SSSR count). The van der Waals surface area contributed by atoms with Crippen LogP contribution >= 0.6 is 11.6 Å². The van der Waals surface area contributed by atoms with Gasteiger partial charge in [-0.05, 0) is 69.0 Å². The Bertz CT molecular complexity index is 957. The molecule has 0 saturated heterocycles. The van der Waals surface area contributed by atoms with E-state index in [4.69, 9.17) is 16.3 Å². The third-order valence-corrected chi connectivity index (χ3v) is 6.00. The number of rotatable bonds is 3. The fraction of sp³-hybridized carbons (Fsp3) is 0.391. The summed E-state index contributed by atoms with van der Waals surface area (Å²) in [6, 6.07) is 9.20. The molecule has 1 atom stereocenters. The van der Waals surface area contributed by atoms with Crippen LogP contribution in [0.4, 0.5) is 16.2 Å². The largest absolute Gasteiger partial charge is 0.449 e. The highest BCUT2D eigenvalue weighted by atomic mass is 35.5. The summed E-state index contributed by atoms with van der Waals surface area (Å²) in [5.74, 6) is -0.162. The third kappa shape index (κ3) is 3.84. The highest BCUT2D eigenvalue weighted by molar-refractivity contribution is 6.35. The fourth-order valence-electron chi connectivity index (χ4n) is 3.68. The van der Waals surface area contributed by atoms with E-state index in [0.717, 1.165) is 16.7 Å². The molecule has 2 aromatic rings. The molecular weight excluding hydrogens is 388 g/mol. The number of hydrogen-bond acceptors (Lipinski definition) is 3. The molecule has 0 aromatic heterocycles. The minimum Gasteiger partial charge on any atom is -0.449 e. The number of ether oxygens (including phenoxy) is 1. The van der Waals surface area contributed by atoms with Gasteiger partial charge in [-0.1, -0.05) is 30.7 Å². The van der Waals surface area contributed by atoms with Gasteiger partial charge in [-0.3, -0.25) is 9.69 Å². The van der Waals surface area contributed by atoms with Crippen molar-refractivity contribution in [3.05, 3.63) is 57.6 Å². The van der Waals surface area contributed by atoms with Crippen molar-refractivity contribution in [2.24, 2.45) is 0 Å². The second-order valence-electron chi connectivity index (χ2n) is 7.41. The first-order valence-corrected chi connectivity index (χ1v) is 10.3. The van der Waals surface area contributed by atoms with Crippen LogP contribution in [0.3, 0.4) is 0 Å². The lowest BCUT2D eigenvalue weighted by atomic mass is 9.99. The van der Waals surface area contributed by atoms with E-state index in [0.29, 0.717) is 41.5 Å². The Labute approximate surface area is 177 Å². The Hall–Kier alpha value is -2.53. The van der Waals surface area contributed by atoms with Crippen LogP contribution in [-0.4, -0.2) is 31.2 Å². The smallest absolute Gasteiger partial charge is 0.414 e. The Morgan fingerprint density at radius 2 is 1.72 bits per heavy atom. The van der Waals surface area contributed by atoms with Crippen LogP contribution in [0.2, 0.25) is 5.02 Å². The lowest BCUT2D eigenvalue weighted by Crippen LogP contribution is -2.53. The van der Waals surface area contributed by atoms with Crippen LogP contribution in [0.5, 0.6) is 0 Å². The van der Waals surface area contributed by atoms with E-state index in [-0.39, 0.29) is 18.0 Å². The molecule has 5 nitrogen and oxygen atoms in total. The van der Waals surface area contributed by atoms with Gasteiger partial charge in [0.2, 0.25) is 0 Å². The molecule has 0 spiro atoms. The molecule has 0 saturated carbocycles. The molecule has 6 heteroatoms. The van der Waals surface area contributed by atoms with Crippen molar-refractivity contribution in [1.82, 2.24) is 0 Å². The van der Waals surface area contributed by atoms with Gasteiger partial charge in [0.05, 0.1) is 34.6 Å². The van der Waals surface area contributed by atoms with Crippen molar-refractivity contribution < 1.29 is 14.3 Å². The van der Waals surface area contributed by atoms with Crippen LogP contribution < -0.4 is 9.80 Å². The van der Waals surface area contributed by atoms with Crippen molar-refractivity contribution in [3.8, 4) is 0 Å². The molecule has 1 heterocycles. The van der Waals surface area contributed by atoms with Crippen LogP contribution in [0.25, 0.3) is 0 Å². The number of fused-ring (bicyclic) bond motifs is 1. The van der Waals surface area contributed by atoms with E-state index in [2.05, 4.69) is 0 Å². The number of halogens is 1. The molecule has 0 N–H and O–H groups in total. The van der Waals surface area contributed by atoms with Crippen molar-refractivity contribution in [1.29, 1.82) is 0 Å². The number of benzene rings is 2. The molecule has 2 amide bonds. The first kappa shape index (κ1) is 21.2. The maximum absolute atomic E-state index is 13.5. The Balaban J connectivity index is 2.15. The molecule has 1 unspecified atom stereocenters. The average molecular weight is 415 g/mol. The van der Waals surface area contributed by atoms with Crippen LogP contribution in [0, 0.1) is 20.8 Å². The number of carbonyl (C=O) groups is 2. The zero-order valence-corrected chi connectivity index (χ0v) is 18.3. The molecule has 0 fully saturated rings. The first-order chi connectivity index (χ1) is 13.8. The second-order valence-corrected chi connectivity index (χ2v) is 7.79. The van der Waals surface area contributed by atoms with Gasteiger partial charge in [0.1, 0.15) is 0 Å². The van der Waals surface area contributed by atoms with Gasteiger partial charge in [0, 0.05) is 6.54 Å². The van der Waals surface area contributed by atoms with E-state index in [1.54, 1.807) is 22.8 Å². The van der Waals surface area contributed by atoms with E-state index in [1.807, 2.05) is 52.0 Å². The molecule has 0 radical (unpaired) electrons. The normalized spacial score (nSPS) is 15.9. The summed E-state index contributed by atoms with van der Waals surface area (Å²) in [7, 11) is 0. The standard InChI is InChI=1S/C23H27ClN2O3/c1-6-17-13-25(22(27)18-10-8-9-14(3)21(18)24)19-11-15(4)16(5)12-20(19)26(17)23(28)29-7-2/h8-12,17H,6-7,13H2,1-5H3. The van der Waals surface area contributed by atoms with Crippen molar-refractivity contribution >= 4 is 35.0 Å². The fourth-order valence-corrected chi connectivity index (χ4v) is 3.89. The summed E-state index contributed by atoms with van der Waals surface area (Å²) < 4.78 is 5.32.